The normalized spacial score (nSPS) is 11.1. The molecular weight excluding hydrogens is 312 g/mol. The maximum Gasteiger partial charge on any atom is 0.135 e. The third kappa shape index (κ3) is 2.06. The fraction of sp³-hybridized carbons (Fsp3) is 0.0667. The van der Waals surface area contributed by atoms with E-state index in [1.54, 1.807) is 0 Å². The van der Waals surface area contributed by atoms with Gasteiger partial charge >= 0.3 is 0 Å². The van der Waals surface area contributed by atoms with Crippen molar-refractivity contribution in [2.45, 2.75) is 6.92 Å². The maximum atomic E-state index is 6.12. The summed E-state index contributed by atoms with van der Waals surface area (Å²) in [5.74, 6) is 0.855. The molecule has 1 nitrogen and oxygen atoms in total. The predicted molar refractivity (Wildman–Crippen MR) is 79.1 cm³/mol. The largest absolute Gasteiger partial charge is 0.456 e. The summed E-state index contributed by atoms with van der Waals surface area (Å²) in [5.41, 5.74) is 2.94. The highest BCUT2D eigenvalue weighted by Crippen LogP contribution is 2.32. The molecule has 1 heterocycles. The zero-order chi connectivity index (χ0) is 12.7. The topological polar surface area (TPSA) is 13.1 Å². The highest BCUT2D eigenvalue weighted by molar-refractivity contribution is 9.10. The Morgan fingerprint density at radius 3 is 2.72 bits per heavy atom. The number of furan rings is 1. The van der Waals surface area contributed by atoms with Crippen molar-refractivity contribution in [3.05, 3.63) is 57.5 Å². The van der Waals surface area contributed by atoms with Crippen molar-refractivity contribution >= 4 is 38.5 Å². The lowest BCUT2D eigenvalue weighted by molar-refractivity contribution is 0.631. The number of aryl methyl sites for hydroxylation is 1. The summed E-state index contributed by atoms with van der Waals surface area (Å²) in [6.07, 6.45) is 0. The minimum atomic E-state index is 0.768. The first-order chi connectivity index (χ1) is 8.63. The van der Waals surface area contributed by atoms with E-state index < -0.39 is 0 Å². The quantitative estimate of drug-likeness (QED) is 0.550. The molecule has 0 unspecified atom stereocenters. The standard InChI is InChI=1S/C15H10BrClO/c1-9-5-14-11(7-13(9)17)8-15(18-14)10-3-2-4-12(16)6-10/h2-8H,1H3. The van der Waals surface area contributed by atoms with Crippen LogP contribution in [0.1, 0.15) is 5.56 Å². The van der Waals surface area contributed by atoms with Crippen LogP contribution in [0.5, 0.6) is 0 Å². The van der Waals surface area contributed by atoms with Crippen molar-refractivity contribution < 1.29 is 4.42 Å². The SMILES string of the molecule is Cc1cc2oc(-c3cccc(Br)c3)cc2cc1Cl. The van der Waals surface area contributed by atoms with Crippen LogP contribution >= 0.6 is 27.5 Å². The first-order valence-electron chi connectivity index (χ1n) is 5.59. The van der Waals surface area contributed by atoms with Crippen LogP contribution in [0.3, 0.4) is 0 Å². The lowest BCUT2D eigenvalue weighted by Gasteiger charge is -1.97. The predicted octanol–water partition coefficient (Wildman–Crippen LogP) is 5.82. The van der Waals surface area contributed by atoms with Gasteiger partial charge in [0, 0.05) is 20.4 Å². The molecule has 3 aromatic rings. The highest BCUT2D eigenvalue weighted by atomic mass is 79.9. The van der Waals surface area contributed by atoms with E-state index in [4.69, 9.17) is 16.0 Å². The van der Waals surface area contributed by atoms with Crippen molar-refractivity contribution in [1.29, 1.82) is 0 Å². The summed E-state index contributed by atoms with van der Waals surface area (Å²) in [5, 5.41) is 1.80. The number of fused-ring (bicyclic) bond motifs is 1. The molecule has 0 amide bonds. The molecule has 0 aliphatic carbocycles. The smallest absolute Gasteiger partial charge is 0.135 e. The Morgan fingerprint density at radius 1 is 1.11 bits per heavy atom. The highest BCUT2D eigenvalue weighted by Gasteiger charge is 2.08. The third-order valence-corrected chi connectivity index (χ3v) is 3.81. The van der Waals surface area contributed by atoms with Gasteiger partial charge < -0.3 is 4.42 Å². The second-order valence-corrected chi connectivity index (χ2v) is 5.58. The van der Waals surface area contributed by atoms with E-state index in [0.717, 1.165) is 37.4 Å². The molecule has 0 bridgehead atoms. The maximum absolute atomic E-state index is 6.12. The first kappa shape index (κ1) is 11.8. The Balaban J connectivity index is 2.19. The minimum Gasteiger partial charge on any atom is -0.456 e. The molecule has 3 rings (SSSR count). The monoisotopic (exact) mass is 320 g/mol. The fourth-order valence-electron chi connectivity index (χ4n) is 1.94. The summed E-state index contributed by atoms with van der Waals surface area (Å²) in [6, 6.07) is 14.0. The van der Waals surface area contributed by atoms with Crippen LogP contribution in [0.2, 0.25) is 5.02 Å². The molecule has 0 N–H and O–H groups in total. The molecule has 3 heteroatoms. The molecular formula is C15H10BrClO. The van der Waals surface area contributed by atoms with Crippen molar-refractivity contribution in [1.82, 2.24) is 0 Å². The number of rotatable bonds is 1. The number of benzene rings is 2. The molecule has 0 fully saturated rings. The van der Waals surface area contributed by atoms with Gasteiger partial charge in [0.25, 0.3) is 0 Å². The van der Waals surface area contributed by atoms with E-state index in [0.29, 0.717) is 0 Å². The van der Waals surface area contributed by atoms with Gasteiger partial charge in [0.05, 0.1) is 0 Å². The van der Waals surface area contributed by atoms with E-state index in [1.165, 1.54) is 0 Å². The second kappa shape index (κ2) is 4.45. The second-order valence-electron chi connectivity index (χ2n) is 4.26. The molecule has 0 spiro atoms. The Labute approximate surface area is 119 Å². The first-order valence-corrected chi connectivity index (χ1v) is 6.76. The van der Waals surface area contributed by atoms with Crippen LogP contribution in [0, 0.1) is 6.92 Å². The Bertz CT molecular complexity index is 691. The summed E-state index contributed by atoms with van der Waals surface area (Å²) in [4.78, 5) is 0. The van der Waals surface area contributed by atoms with Crippen molar-refractivity contribution in [2.75, 3.05) is 0 Å². The zero-order valence-corrected chi connectivity index (χ0v) is 12.0. The third-order valence-electron chi connectivity index (χ3n) is 2.91. The molecule has 1 aromatic heterocycles. The molecule has 90 valence electrons. The molecule has 0 radical (unpaired) electrons. The van der Waals surface area contributed by atoms with Crippen LogP contribution in [0.4, 0.5) is 0 Å². The van der Waals surface area contributed by atoms with Crippen LogP contribution in [-0.4, -0.2) is 0 Å². The number of hydrogen-bond donors (Lipinski definition) is 0. The molecule has 0 aliphatic rings. The van der Waals surface area contributed by atoms with Gasteiger partial charge in [-0.1, -0.05) is 39.7 Å². The number of halogens is 2. The Kier molecular flexibility index (Phi) is 2.92. The van der Waals surface area contributed by atoms with Crippen molar-refractivity contribution in [3.8, 4) is 11.3 Å². The lowest BCUT2D eigenvalue weighted by atomic mass is 10.1. The molecule has 0 saturated heterocycles. The minimum absolute atomic E-state index is 0.768. The van der Waals surface area contributed by atoms with Crippen LogP contribution in [-0.2, 0) is 0 Å². The van der Waals surface area contributed by atoms with E-state index >= 15 is 0 Å². The van der Waals surface area contributed by atoms with Gasteiger partial charge in [-0.2, -0.15) is 0 Å². The average Bonchev–Trinajstić information content (AvgIpc) is 2.73. The van der Waals surface area contributed by atoms with Gasteiger partial charge in [-0.25, -0.2) is 0 Å². The van der Waals surface area contributed by atoms with Gasteiger partial charge in [-0.15, -0.1) is 0 Å². The van der Waals surface area contributed by atoms with Gasteiger partial charge in [0.2, 0.25) is 0 Å². The van der Waals surface area contributed by atoms with Crippen LogP contribution in [0.25, 0.3) is 22.3 Å². The number of hydrogen-bond acceptors (Lipinski definition) is 1. The molecule has 0 saturated carbocycles. The summed E-state index contributed by atoms with van der Waals surface area (Å²) >= 11 is 9.58. The van der Waals surface area contributed by atoms with E-state index in [1.807, 2.05) is 49.4 Å². The Morgan fingerprint density at radius 2 is 1.94 bits per heavy atom. The lowest BCUT2D eigenvalue weighted by Crippen LogP contribution is -1.72. The average molecular weight is 322 g/mol. The molecule has 18 heavy (non-hydrogen) atoms. The van der Waals surface area contributed by atoms with Crippen molar-refractivity contribution in [2.24, 2.45) is 0 Å². The summed E-state index contributed by atoms with van der Waals surface area (Å²) in [6.45, 7) is 1.98. The van der Waals surface area contributed by atoms with Gasteiger partial charge in [0.15, 0.2) is 0 Å². The molecule has 2 aromatic carbocycles. The van der Waals surface area contributed by atoms with Gasteiger partial charge in [-0.05, 0) is 42.8 Å². The molecule has 0 atom stereocenters. The molecule has 0 aliphatic heterocycles. The van der Waals surface area contributed by atoms with Gasteiger partial charge in [-0.3, -0.25) is 0 Å². The van der Waals surface area contributed by atoms with Crippen LogP contribution in [0.15, 0.2) is 51.4 Å². The van der Waals surface area contributed by atoms with Crippen molar-refractivity contribution in [3.63, 3.8) is 0 Å². The Hall–Kier alpha value is -1.25. The summed E-state index contributed by atoms with van der Waals surface area (Å²) < 4.78 is 6.90. The fourth-order valence-corrected chi connectivity index (χ4v) is 2.52. The van der Waals surface area contributed by atoms with Crippen LogP contribution < -0.4 is 0 Å². The van der Waals surface area contributed by atoms with E-state index in [-0.39, 0.29) is 0 Å². The van der Waals surface area contributed by atoms with E-state index in [9.17, 15) is 0 Å². The zero-order valence-electron chi connectivity index (χ0n) is 9.71. The van der Waals surface area contributed by atoms with E-state index in [2.05, 4.69) is 15.9 Å². The van der Waals surface area contributed by atoms with Gasteiger partial charge in [0.1, 0.15) is 11.3 Å². The summed E-state index contributed by atoms with van der Waals surface area (Å²) in [7, 11) is 0.